The average Bonchev–Trinajstić information content (AvgIpc) is 2.77. The number of anilines is 1. The van der Waals surface area contributed by atoms with Gasteiger partial charge in [-0.25, -0.2) is 4.79 Å². The summed E-state index contributed by atoms with van der Waals surface area (Å²) < 4.78 is 4.90. The highest BCUT2D eigenvalue weighted by Gasteiger charge is 2.23. The van der Waals surface area contributed by atoms with Crippen molar-refractivity contribution in [3.05, 3.63) is 77.9 Å². The summed E-state index contributed by atoms with van der Waals surface area (Å²) in [6.07, 6.45) is 6.47. The van der Waals surface area contributed by atoms with Gasteiger partial charge < -0.3 is 10.1 Å². The first-order valence-electron chi connectivity index (χ1n) is 9.70. The van der Waals surface area contributed by atoms with Crippen LogP contribution in [0, 0.1) is 17.3 Å². The summed E-state index contributed by atoms with van der Waals surface area (Å²) in [5.41, 5.74) is 3.00. The molecule has 0 aliphatic heterocycles. The van der Waals surface area contributed by atoms with Gasteiger partial charge in [0.1, 0.15) is 0 Å². The molecule has 2 heterocycles. The summed E-state index contributed by atoms with van der Waals surface area (Å²) in [5.74, 6) is 5.51. The minimum atomic E-state index is -0.602. The summed E-state index contributed by atoms with van der Waals surface area (Å²) in [6.45, 7) is 5.49. The highest BCUT2D eigenvalue weighted by molar-refractivity contribution is 6.02. The molecule has 3 rings (SSSR count). The number of carbonyl (C=O) groups is 2. The molecule has 0 unspecified atom stereocenters. The third kappa shape index (κ3) is 5.34. The van der Waals surface area contributed by atoms with Crippen LogP contribution < -0.4 is 5.32 Å². The van der Waals surface area contributed by atoms with E-state index in [-0.39, 0.29) is 5.91 Å². The molecule has 0 bridgehead atoms. The summed E-state index contributed by atoms with van der Waals surface area (Å²) in [5, 5.41) is 2.97. The molecule has 6 heteroatoms. The third-order valence-electron chi connectivity index (χ3n) is 4.48. The van der Waals surface area contributed by atoms with Crippen molar-refractivity contribution >= 4 is 17.6 Å². The molecular formula is C25H23N3O3. The molecule has 1 N–H and O–H groups in total. The van der Waals surface area contributed by atoms with Gasteiger partial charge >= 0.3 is 5.97 Å². The van der Waals surface area contributed by atoms with E-state index < -0.39 is 11.4 Å². The van der Waals surface area contributed by atoms with Crippen LogP contribution in [0.15, 0.2) is 61.2 Å². The maximum Gasteiger partial charge on any atom is 0.338 e. The maximum atomic E-state index is 12.7. The predicted molar refractivity (Wildman–Crippen MR) is 119 cm³/mol. The Hall–Kier alpha value is -3.98. The fourth-order valence-corrected chi connectivity index (χ4v) is 2.75. The Morgan fingerprint density at radius 2 is 1.68 bits per heavy atom. The number of methoxy groups -OCH3 is 1. The van der Waals surface area contributed by atoms with Gasteiger partial charge in [0, 0.05) is 58.1 Å². The first-order chi connectivity index (χ1) is 14.8. The number of esters is 1. The summed E-state index contributed by atoms with van der Waals surface area (Å²) in [7, 11) is 1.33. The summed E-state index contributed by atoms with van der Waals surface area (Å²) >= 11 is 0. The average molecular weight is 413 g/mol. The molecule has 31 heavy (non-hydrogen) atoms. The van der Waals surface area contributed by atoms with Crippen LogP contribution in [0.25, 0.3) is 11.1 Å². The van der Waals surface area contributed by atoms with Gasteiger partial charge in [0.2, 0.25) is 5.91 Å². The highest BCUT2D eigenvalue weighted by atomic mass is 16.5. The largest absolute Gasteiger partial charge is 0.465 e. The van der Waals surface area contributed by atoms with Crippen molar-refractivity contribution in [3.8, 4) is 23.0 Å². The lowest BCUT2D eigenvalue weighted by molar-refractivity contribution is -0.123. The molecule has 0 aliphatic carbocycles. The van der Waals surface area contributed by atoms with Crippen LogP contribution in [-0.4, -0.2) is 29.0 Å². The van der Waals surface area contributed by atoms with E-state index in [0.29, 0.717) is 27.9 Å². The molecule has 0 saturated heterocycles. The number of amides is 1. The van der Waals surface area contributed by atoms with E-state index in [1.807, 2.05) is 45.0 Å². The maximum absolute atomic E-state index is 12.7. The van der Waals surface area contributed by atoms with Crippen molar-refractivity contribution in [2.75, 3.05) is 12.4 Å². The number of hydrogen-bond acceptors (Lipinski definition) is 5. The minimum absolute atomic E-state index is 0.158. The van der Waals surface area contributed by atoms with Crippen molar-refractivity contribution in [1.29, 1.82) is 0 Å². The zero-order chi connectivity index (χ0) is 22.4. The molecular weight excluding hydrogens is 390 g/mol. The lowest BCUT2D eigenvalue weighted by Gasteiger charge is -2.20. The van der Waals surface area contributed by atoms with E-state index in [2.05, 4.69) is 27.1 Å². The second kappa shape index (κ2) is 9.23. The molecule has 0 aliphatic rings. The third-order valence-corrected chi connectivity index (χ3v) is 4.48. The van der Waals surface area contributed by atoms with Gasteiger partial charge in [0.05, 0.1) is 12.7 Å². The van der Waals surface area contributed by atoms with Crippen molar-refractivity contribution in [1.82, 2.24) is 9.97 Å². The van der Waals surface area contributed by atoms with Gasteiger partial charge in [-0.2, -0.15) is 0 Å². The highest BCUT2D eigenvalue weighted by Crippen LogP contribution is 2.32. The number of rotatable bonds is 3. The number of hydrogen-bond donors (Lipinski definition) is 1. The van der Waals surface area contributed by atoms with Crippen LogP contribution in [0.1, 0.15) is 42.3 Å². The molecule has 156 valence electrons. The molecule has 2 aromatic heterocycles. The number of carbonyl (C=O) groups excluding carboxylic acids is 2. The van der Waals surface area contributed by atoms with E-state index in [4.69, 9.17) is 4.74 Å². The molecule has 1 aromatic carbocycles. The fraction of sp³-hybridized carbons (Fsp3) is 0.200. The predicted octanol–water partition coefficient (Wildman–Crippen LogP) is 4.31. The van der Waals surface area contributed by atoms with Gasteiger partial charge in [0.25, 0.3) is 0 Å². The van der Waals surface area contributed by atoms with Crippen molar-refractivity contribution < 1.29 is 14.3 Å². The van der Waals surface area contributed by atoms with Crippen LogP contribution in [0.5, 0.6) is 0 Å². The Kier molecular flexibility index (Phi) is 6.46. The van der Waals surface area contributed by atoms with Gasteiger partial charge in [-0.3, -0.25) is 14.8 Å². The number of nitrogens with one attached hydrogen (secondary N) is 1. The number of pyridine rings is 2. The number of ether oxygens (including phenoxy) is 1. The Labute approximate surface area is 181 Å². The molecule has 0 radical (unpaired) electrons. The van der Waals surface area contributed by atoms with Crippen LogP contribution in [0.4, 0.5) is 5.69 Å². The lowest BCUT2D eigenvalue weighted by atomic mass is 9.94. The topological polar surface area (TPSA) is 81.2 Å². The Bertz CT molecular complexity index is 1170. The van der Waals surface area contributed by atoms with E-state index in [1.165, 1.54) is 13.3 Å². The first kappa shape index (κ1) is 21.7. The lowest BCUT2D eigenvalue weighted by Crippen LogP contribution is -2.28. The molecule has 0 spiro atoms. The Balaban J connectivity index is 2.10. The zero-order valence-electron chi connectivity index (χ0n) is 17.9. The molecule has 0 atom stereocenters. The Morgan fingerprint density at radius 1 is 0.935 bits per heavy atom. The Morgan fingerprint density at radius 3 is 2.35 bits per heavy atom. The standard InChI is InChI=1S/C25H23N3O3/c1-25(2,3)24(30)28-22-14-17(7-8-18-6-5-12-26-15-18)9-10-19(22)21-16-27-13-11-20(21)23(29)31-4/h5-6,9-16H,1-4H3,(H,28,30). The van der Waals surface area contributed by atoms with Gasteiger partial charge in [-0.15, -0.1) is 0 Å². The SMILES string of the molecule is COC(=O)c1ccncc1-c1ccc(C#Cc2cccnc2)cc1NC(=O)C(C)(C)C. The second-order valence-electron chi connectivity index (χ2n) is 7.87. The zero-order valence-corrected chi connectivity index (χ0v) is 17.9. The molecule has 6 nitrogen and oxygen atoms in total. The van der Waals surface area contributed by atoms with Crippen LogP contribution in [-0.2, 0) is 9.53 Å². The molecule has 0 fully saturated rings. The van der Waals surface area contributed by atoms with E-state index in [1.54, 1.807) is 30.7 Å². The number of nitrogens with zero attached hydrogens (tertiary/aromatic N) is 2. The van der Waals surface area contributed by atoms with Crippen molar-refractivity contribution in [3.63, 3.8) is 0 Å². The quantitative estimate of drug-likeness (QED) is 0.511. The molecule has 3 aromatic rings. The van der Waals surface area contributed by atoms with Crippen LogP contribution in [0.3, 0.4) is 0 Å². The van der Waals surface area contributed by atoms with E-state index in [9.17, 15) is 9.59 Å². The monoisotopic (exact) mass is 413 g/mol. The minimum Gasteiger partial charge on any atom is -0.465 e. The molecule has 1 amide bonds. The summed E-state index contributed by atoms with van der Waals surface area (Å²) in [6, 6.07) is 10.7. The fourth-order valence-electron chi connectivity index (χ4n) is 2.75. The van der Waals surface area contributed by atoms with E-state index in [0.717, 1.165) is 5.56 Å². The number of aromatic nitrogens is 2. The number of benzene rings is 1. The van der Waals surface area contributed by atoms with Crippen molar-refractivity contribution in [2.24, 2.45) is 5.41 Å². The van der Waals surface area contributed by atoms with E-state index >= 15 is 0 Å². The van der Waals surface area contributed by atoms with Crippen molar-refractivity contribution in [2.45, 2.75) is 20.8 Å². The van der Waals surface area contributed by atoms with Gasteiger partial charge in [-0.1, -0.05) is 38.7 Å². The van der Waals surface area contributed by atoms with Crippen LogP contribution in [0.2, 0.25) is 0 Å². The smallest absolute Gasteiger partial charge is 0.338 e. The van der Waals surface area contributed by atoms with Gasteiger partial charge in [0.15, 0.2) is 0 Å². The second-order valence-corrected chi connectivity index (χ2v) is 7.87. The van der Waals surface area contributed by atoms with Crippen LogP contribution >= 0.6 is 0 Å². The summed E-state index contributed by atoms with van der Waals surface area (Å²) in [4.78, 5) is 33.2. The van der Waals surface area contributed by atoms with Gasteiger partial charge in [-0.05, 0) is 30.3 Å². The normalized spacial score (nSPS) is 10.6. The first-order valence-corrected chi connectivity index (χ1v) is 9.70. The molecule has 0 saturated carbocycles.